The van der Waals surface area contributed by atoms with Crippen LogP contribution in [-0.2, 0) is 11.2 Å². The summed E-state index contributed by atoms with van der Waals surface area (Å²) in [6, 6.07) is 9.35. The molecule has 1 aromatic carbocycles. The molecule has 1 rings (SSSR count). The number of aliphatic hydroxyl groups is 1. The molecule has 0 heterocycles. The lowest BCUT2D eigenvalue weighted by Gasteiger charge is -2.10. The summed E-state index contributed by atoms with van der Waals surface area (Å²) < 4.78 is 0. The van der Waals surface area contributed by atoms with Crippen molar-refractivity contribution in [2.24, 2.45) is 0 Å². The molecule has 4 heteroatoms. The largest absolute Gasteiger partial charge is 0.480 e. The van der Waals surface area contributed by atoms with Crippen LogP contribution in [0.1, 0.15) is 18.4 Å². The molecule has 4 nitrogen and oxygen atoms in total. The summed E-state index contributed by atoms with van der Waals surface area (Å²) in [6.07, 6.45) is 2.91. The van der Waals surface area contributed by atoms with Crippen molar-refractivity contribution >= 4 is 5.97 Å². The van der Waals surface area contributed by atoms with Gasteiger partial charge < -0.3 is 15.5 Å². The Balaban J connectivity index is 2.10. The van der Waals surface area contributed by atoms with Crippen LogP contribution in [0.25, 0.3) is 0 Å². The Morgan fingerprint density at radius 3 is 2.53 bits per heavy atom. The molecule has 17 heavy (non-hydrogen) atoms. The molecular weight excluding hydrogens is 218 g/mol. The van der Waals surface area contributed by atoms with Gasteiger partial charge in [0.25, 0.3) is 0 Å². The van der Waals surface area contributed by atoms with E-state index in [4.69, 9.17) is 10.2 Å². The summed E-state index contributed by atoms with van der Waals surface area (Å²) in [5.41, 5.74) is 1.30. The van der Waals surface area contributed by atoms with E-state index in [0.29, 0.717) is 6.54 Å². The van der Waals surface area contributed by atoms with Crippen LogP contribution in [0.3, 0.4) is 0 Å². The highest BCUT2D eigenvalue weighted by Gasteiger charge is 2.13. The second-order valence-corrected chi connectivity index (χ2v) is 3.97. The molecule has 0 bridgehead atoms. The maximum absolute atomic E-state index is 10.6. The van der Waals surface area contributed by atoms with Gasteiger partial charge in [0.15, 0.2) is 0 Å². The topological polar surface area (TPSA) is 69.6 Å². The highest BCUT2D eigenvalue weighted by Crippen LogP contribution is 2.03. The number of unbranched alkanes of at least 4 members (excludes halogenated alkanes) is 1. The minimum Gasteiger partial charge on any atom is -0.480 e. The third kappa shape index (κ3) is 5.47. The van der Waals surface area contributed by atoms with E-state index < -0.39 is 12.0 Å². The smallest absolute Gasteiger partial charge is 0.323 e. The number of benzene rings is 1. The molecule has 0 radical (unpaired) electrons. The van der Waals surface area contributed by atoms with Crippen LogP contribution in [0.15, 0.2) is 30.3 Å². The van der Waals surface area contributed by atoms with Crippen LogP contribution < -0.4 is 5.32 Å². The van der Waals surface area contributed by atoms with E-state index in [-0.39, 0.29) is 6.61 Å². The van der Waals surface area contributed by atoms with Crippen LogP contribution in [0.5, 0.6) is 0 Å². The van der Waals surface area contributed by atoms with E-state index >= 15 is 0 Å². The lowest BCUT2D eigenvalue weighted by Crippen LogP contribution is -2.40. The standard InChI is InChI=1S/C13H19NO3/c15-10-12(13(16)17)14-9-5-4-8-11-6-2-1-3-7-11/h1-3,6-7,12,14-15H,4-5,8-10H2,(H,16,17)/t12-/m1/s1. The first-order valence-electron chi connectivity index (χ1n) is 5.85. The number of carbonyl (C=O) groups is 1. The van der Waals surface area contributed by atoms with E-state index in [1.54, 1.807) is 0 Å². The van der Waals surface area contributed by atoms with Crippen molar-refractivity contribution in [3.63, 3.8) is 0 Å². The molecule has 0 unspecified atom stereocenters. The molecule has 0 amide bonds. The van der Waals surface area contributed by atoms with E-state index in [0.717, 1.165) is 19.3 Å². The zero-order valence-corrected chi connectivity index (χ0v) is 9.80. The van der Waals surface area contributed by atoms with Crippen LogP contribution in [0.2, 0.25) is 0 Å². The molecule has 3 N–H and O–H groups in total. The van der Waals surface area contributed by atoms with Gasteiger partial charge in [-0.2, -0.15) is 0 Å². The predicted molar refractivity (Wildman–Crippen MR) is 65.9 cm³/mol. The minimum atomic E-state index is -1.00. The van der Waals surface area contributed by atoms with Crippen LogP contribution in [0.4, 0.5) is 0 Å². The predicted octanol–water partition coefficient (Wildman–Crippen LogP) is 1.04. The molecular formula is C13H19NO3. The normalized spacial score (nSPS) is 12.3. The second kappa shape index (κ2) is 7.81. The quantitative estimate of drug-likeness (QED) is 0.591. The average Bonchev–Trinajstić information content (AvgIpc) is 2.34. The fourth-order valence-electron chi connectivity index (χ4n) is 1.61. The number of carboxylic acid groups (broad SMARTS) is 1. The fourth-order valence-corrected chi connectivity index (χ4v) is 1.61. The molecule has 0 aliphatic heterocycles. The Hall–Kier alpha value is -1.39. The maximum atomic E-state index is 10.6. The van der Waals surface area contributed by atoms with E-state index in [1.165, 1.54) is 5.56 Å². The Morgan fingerprint density at radius 1 is 1.24 bits per heavy atom. The number of rotatable bonds is 8. The van der Waals surface area contributed by atoms with Crippen molar-refractivity contribution in [3.8, 4) is 0 Å². The van der Waals surface area contributed by atoms with Gasteiger partial charge in [-0.1, -0.05) is 30.3 Å². The molecule has 0 aromatic heterocycles. The first-order chi connectivity index (χ1) is 8.24. The summed E-state index contributed by atoms with van der Waals surface area (Å²) in [6.45, 7) is 0.248. The van der Waals surface area contributed by atoms with Crippen LogP contribution >= 0.6 is 0 Å². The van der Waals surface area contributed by atoms with Gasteiger partial charge in [-0.05, 0) is 31.4 Å². The fraction of sp³-hybridized carbons (Fsp3) is 0.462. The van der Waals surface area contributed by atoms with Crippen molar-refractivity contribution in [3.05, 3.63) is 35.9 Å². The number of hydrogen-bond acceptors (Lipinski definition) is 3. The highest BCUT2D eigenvalue weighted by atomic mass is 16.4. The summed E-state index contributed by atoms with van der Waals surface area (Å²) >= 11 is 0. The van der Waals surface area contributed by atoms with Crippen molar-refractivity contribution in [1.29, 1.82) is 0 Å². The third-order valence-corrected chi connectivity index (χ3v) is 2.61. The molecule has 0 fully saturated rings. The van der Waals surface area contributed by atoms with E-state index in [2.05, 4.69) is 17.4 Å². The van der Waals surface area contributed by atoms with Crippen LogP contribution in [0, 0.1) is 0 Å². The minimum absolute atomic E-state index is 0.367. The summed E-state index contributed by atoms with van der Waals surface area (Å²) in [4.78, 5) is 10.6. The molecule has 0 saturated heterocycles. The lowest BCUT2D eigenvalue weighted by atomic mass is 10.1. The van der Waals surface area contributed by atoms with Gasteiger partial charge >= 0.3 is 5.97 Å². The molecule has 1 atom stereocenters. The number of aliphatic carboxylic acids is 1. The third-order valence-electron chi connectivity index (χ3n) is 2.61. The number of aliphatic hydroxyl groups excluding tert-OH is 1. The number of hydrogen-bond donors (Lipinski definition) is 3. The average molecular weight is 237 g/mol. The van der Waals surface area contributed by atoms with Gasteiger partial charge in [0.1, 0.15) is 6.04 Å². The van der Waals surface area contributed by atoms with Gasteiger partial charge in [-0.15, -0.1) is 0 Å². The highest BCUT2D eigenvalue weighted by molar-refractivity contribution is 5.73. The zero-order valence-electron chi connectivity index (χ0n) is 9.80. The number of carboxylic acids is 1. The summed E-state index contributed by atoms with van der Waals surface area (Å²) in [7, 11) is 0. The van der Waals surface area contributed by atoms with Gasteiger partial charge in [-0.3, -0.25) is 4.79 Å². The molecule has 0 spiro atoms. The van der Waals surface area contributed by atoms with Crippen molar-refractivity contribution in [2.45, 2.75) is 25.3 Å². The molecule has 0 saturated carbocycles. The Bertz CT molecular complexity index is 327. The number of nitrogens with one attached hydrogen (secondary N) is 1. The lowest BCUT2D eigenvalue weighted by molar-refractivity contribution is -0.140. The first kappa shape index (κ1) is 13.7. The van der Waals surface area contributed by atoms with Crippen molar-refractivity contribution < 1.29 is 15.0 Å². The first-order valence-corrected chi connectivity index (χ1v) is 5.85. The SMILES string of the molecule is O=C(O)[C@@H](CO)NCCCCc1ccccc1. The maximum Gasteiger partial charge on any atom is 0.323 e. The molecule has 94 valence electrons. The number of aryl methyl sites for hydroxylation is 1. The van der Waals surface area contributed by atoms with Gasteiger partial charge in [0.2, 0.25) is 0 Å². The molecule has 1 aromatic rings. The van der Waals surface area contributed by atoms with E-state index in [9.17, 15) is 4.79 Å². The van der Waals surface area contributed by atoms with Crippen molar-refractivity contribution in [1.82, 2.24) is 5.32 Å². The zero-order chi connectivity index (χ0) is 12.5. The Labute approximate surface area is 101 Å². The van der Waals surface area contributed by atoms with Gasteiger partial charge in [0, 0.05) is 0 Å². The van der Waals surface area contributed by atoms with Gasteiger partial charge in [-0.25, -0.2) is 0 Å². The second-order valence-electron chi connectivity index (χ2n) is 3.97. The Kier molecular flexibility index (Phi) is 6.29. The van der Waals surface area contributed by atoms with Gasteiger partial charge in [0.05, 0.1) is 6.61 Å². The molecule has 0 aliphatic carbocycles. The van der Waals surface area contributed by atoms with E-state index in [1.807, 2.05) is 18.2 Å². The molecule has 0 aliphatic rings. The monoisotopic (exact) mass is 237 g/mol. The summed E-state index contributed by atoms with van der Waals surface area (Å²) in [5, 5.41) is 20.3. The van der Waals surface area contributed by atoms with Crippen molar-refractivity contribution in [2.75, 3.05) is 13.2 Å². The summed E-state index contributed by atoms with van der Waals surface area (Å²) in [5.74, 6) is -1.00. The Morgan fingerprint density at radius 2 is 1.94 bits per heavy atom. The van der Waals surface area contributed by atoms with Crippen LogP contribution in [-0.4, -0.2) is 35.4 Å².